The maximum atomic E-state index is 12.9. The van der Waals surface area contributed by atoms with Crippen molar-refractivity contribution in [2.24, 2.45) is 7.05 Å². The van der Waals surface area contributed by atoms with Crippen LogP contribution in [-0.4, -0.2) is 29.5 Å². The molecule has 0 aliphatic heterocycles. The van der Waals surface area contributed by atoms with Crippen LogP contribution in [0.4, 0.5) is 0 Å². The molecular weight excluding hydrogens is 368 g/mol. The number of aromatic nitrogens is 6. The third kappa shape index (κ3) is 2.39. The molecule has 0 aliphatic carbocycles. The van der Waals surface area contributed by atoms with Gasteiger partial charge in [-0.25, -0.2) is 9.67 Å². The van der Waals surface area contributed by atoms with Crippen LogP contribution in [0.15, 0.2) is 40.9 Å². The fraction of sp³-hybridized carbons (Fsp3) is 0.176. The lowest BCUT2D eigenvalue weighted by Gasteiger charge is -2.04. The van der Waals surface area contributed by atoms with Crippen molar-refractivity contribution < 1.29 is 0 Å². The van der Waals surface area contributed by atoms with Gasteiger partial charge in [-0.3, -0.25) is 9.89 Å². The van der Waals surface area contributed by atoms with Crippen LogP contribution in [-0.2, 0) is 20.0 Å². The van der Waals surface area contributed by atoms with Crippen LogP contribution in [0, 0.1) is 0 Å². The minimum Gasteiger partial charge on any atom is -0.323 e. The molecule has 5 aromatic heterocycles. The van der Waals surface area contributed by atoms with E-state index in [1.807, 2.05) is 35.3 Å². The Balaban J connectivity index is 1.62. The third-order valence-corrected chi connectivity index (χ3v) is 6.30. The highest BCUT2D eigenvalue weighted by Crippen LogP contribution is 2.31. The van der Waals surface area contributed by atoms with E-state index in [9.17, 15) is 4.79 Å². The van der Waals surface area contributed by atoms with Crippen LogP contribution < -0.4 is 5.56 Å². The van der Waals surface area contributed by atoms with Gasteiger partial charge in [0.2, 0.25) is 0 Å². The number of nitrogens with zero attached hydrogens (tertiary/aromatic N) is 5. The van der Waals surface area contributed by atoms with Crippen molar-refractivity contribution in [3.05, 3.63) is 61.9 Å². The Kier molecular flexibility index (Phi) is 3.50. The van der Waals surface area contributed by atoms with Gasteiger partial charge in [-0.1, -0.05) is 6.07 Å². The van der Waals surface area contributed by atoms with Gasteiger partial charge >= 0.3 is 0 Å². The minimum atomic E-state index is -0.0833. The molecule has 0 amide bonds. The topological polar surface area (TPSA) is 81.4 Å². The SMILES string of the molecule is Cn1c2nc(Cc3cn[nH]c3)sc2c2cnn(Cc3cccs3)c(=O)c21. The molecule has 26 heavy (non-hydrogen) atoms. The summed E-state index contributed by atoms with van der Waals surface area (Å²) in [5.74, 6) is 0. The quantitative estimate of drug-likeness (QED) is 0.518. The van der Waals surface area contributed by atoms with Crippen molar-refractivity contribution in [2.75, 3.05) is 0 Å². The zero-order valence-electron chi connectivity index (χ0n) is 13.8. The van der Waals surface area contributed by atoms with Gasteiger partial charge in [0.1, 0.15) is 10.5 Å². The maximum Gasteiger partial charge on any atom is 0.291 e. The first kappa shape index (κ1) is 15.5. The van der Waals surface area contributed by atoms with Gasteiger partial charge in [-0.05, 0) is 17.0 Å². The predicted octanol–water partition coefficient (Wildman–Crippen LogP) is 2.77. The highest BCUT2D eigenvalue weighted by Gasteiger charge is 2.18. The maximum absolute atomic E-state index is 12.9. The van der Waals surface area contributed by atoms with Gasteiger partial charge in [-0.15, -0.1) is 22.7 Å². The number of thiophene rings is 1. The average molecular weight is 382 g/mol. The molecule has 1 N–H and O–H groups in total. The zero-order chi connectivity index (χ0) is 17.7. The molecule has 0 saturated carbocycles. The monoisotopic (exact) mass is 382 g/mol. The number of hydrogen-bond acceptors (Lipinski definition) is 6. The highest BCUT2D eigenvalue weighted by atomic mass is 32.1. The number of nitrogens with one attached hydrogen (secondary N) is 1. The summed E-state index contributed by atoms with van der Waals surface area (Å²) in [6, 6.07) is 3.99. The fourth-order valence-corrected chi connectivity index (χ4v) is 4.95. The van der Waals surface area contributed by atoms with Gasteiger partial charge in [0, 0.05) is 29.9 Å². The van der Waals surface area contributed by atoms with Gasteiger partial charge in [0.15, 0.2) is 5.65 Å². The second kappa shape index (κ2) is 5.89. The summed E-state index contributed by atoms with van der Waals surface area (Å²) in [6.45, 7) is 0.491. The van der Waals surface area contributed by atoms with Crippen LogP contribution in [0.5, 0.6) is 0 Å². The van der Waals surface area contributed by atoms with Crippen molar-refractivity contribution in [1.29, 1.82) is 0 Å². The van der Waals surface area contributed by atoms with Crippen LogP contribution in [0.2, 0.25) is 0 Å². The smallest absolute Gasteiger partial charge is 0.291 e. The molecule has 0 aliphatic rings. The van der Waals surface area contributed by atoms with Crippen LogP contribution in [0.3, 0.4) is 0 Å². The van der Waals surface area contributed by atoms with Crippen molar-refractivity contribution in [3.8, 4) is 0 Å². The zero-order valence-corrected chi connectivity index (χ0v) is 15.5. The molecule has 5 heterocycles. The third-order valence-electron chi connectivity index (χ3n) is 4.37. The summed E-state index contributed by atoms with van der Waals surface area (Å²) in [5, 5.41) is 15.0. The number of hydrogen-bond donors (Lipinski definition) is 1. The Morgan fingerprint density at radius 3 is 3.00 bits per heavy atom. The molecule has 130 valence electrons. The van der Waals surface area contributed by atoms with Gasteiger partial charge in [-0.2, -0.15) is 10.2 Å². The Labute approximate surface area is 155 Å². The Hall–Kier alpha value is -2.78. The predicted molar refractivity (Wildman–Crippen MR) is 103 cm³/mol. The van der Waals surface area contributed by atoms with Gasteiger partial charge in [0.05, 0.1) is 23.6 Å². The minimum absolute atomic E-state index is 0.0833. The molecular formula is C17H14N6OS2. The lowest BCUT2D eigenvalue weighted by Crippen LogP contribution is -2.24. The molecule has 0 saturated heterocycles. The molecule has 9 heteroatoms. The van der Waals surface area contributed by atoms with Crippen molar-refractivity contribution in [1.82, 2.24) is 29.5 Å². The van der Waals surface area contributed by atoms with Gasteiger partial charge in [0.25, 0.3) is 5.56 Å². The molecule has 0 atom stereocenters. The summed E-state index contributed by atoms with van der Waals surface area (Å²) in [6.07, 6.45) is 6.18. The molecule has 7 nitrogen and oxygen atoms in total. The van der Waals surface area contributed by atoms with Crippen molar-refractivity contribution in [2.45, 2.75) is 13.0 Å². The summed E-state index contributed by atoms with van der Waals surface area (Å²) < 4.78 is 4.41. The number of aromatic amines is 1. The van der Waals surface area contributed by atoms with Crippen molar-refractivity contribution >= 4 is 43.9 Å². The summed E-state index contributed by atoms with van der Waals surface area (Å²) >= 11 is 3.23. The second-order valence-electron chi connectivity index (χ2n) is 6.05. The molecule has 0 aromatic carbocycles. The molecule has 0 unspecified atom stereocenters. The molecule has 0 spiro atoms. The average Bonchev–Trinajstić information content (AvgIpc) is 3.39. The summed E-state index contributed by atoms with van der Waals surface area (Å²) in [5.41, 5.74) is 2.49. The standard InChI is InChI=1S/C17H14N6OS2/c1-22-14-12(8-20-23(17(14)24)9-11-3-2-4-25-11)15-16(22)21-13(26-15)5-10-6-18-19-7-10/h2-4,6-8H,5,9H2,1H3,(H,18,19). The molecule has 0 bridgehead atoms. The number of H-pyrrole nitrogens is 1. The summed E-state index contributed by atoms with van der Waals surface area (Å²) in [7, 11) is 1.89. The fourth-order valence-electron chi connectivity index (χ4n) is 3.12. The highest BCUT2D eigenvalue weighted by molar-refractivity contribution is 7.19. The second-order valence-corrected chi connectivity index (χ2v) is 8.17. The van der Waals surface area contributed by atoms with E-state index in [1.54, 1.807) is 35.1 Å². The van der Waals surface area contributed by atoms with E-state index >= 15 is 0 Å². The van der Waals surface area contributed by atoms with E-state index in [4.69, 9.17) is 4.98 Å². The van der Waals surface area contributed by atoms with Crippen LogP contribution in [0.1, 0.15) is 15.4 Å². The number of thiazole rings is 1. The Bertz CT molecular complexity index is 1260. The Morgan fingerprint density at radius 2 is 2.23 bits per heavy atom. The van der Waals surface area contributed by atoms with E-state index in [2.05, 4.69) is 15.3 Å². The van der Waals surface area contributed by atoms with E-state index in [-0.39, 0.29) is 5.56 Å². The van der Waals surface area contributed by atoms with E-state index in [0.717, 1.165) is 37.6 Å². The molecule has 0 fully saturated rings. The van der Waals surface area contributed by atoms with Crippen LogP contribution in [0.25, 0.3) is 21.3 Å². The molecule has 0 radical (unpaired) electrons. The number of rotatable bonds is 4. The van der Waals surface area contributed by atoms with Crippen molar-refractivity contribution in [3.63, 3.8) is 0 Å². The first-order valence-electron chi connectivity index (χ1n) is 8.04. The molecule has 5 rings (SSSR count). The first-order valence-corrected chi connectivity index (χ1v) is 9.74. The number of aryl methyl sites for hydroxylation is 1. The first-order chi connectivity index (χ1) is 12.7. The normalized spacial score (nSPS) is 11.7. The van der Waals surface area contributed by atoms with E-state index in [0.29, 0.717) is 12.1 Å². The van der Waals surface area contributed by atoms with Crippen LogP contribution >= 0.6 is 22.7 Å². The van der Waals surface area contributed by atoms with Gasteiger partial charge < -0.3 is 4.57 Å². The number of fused-ring (bicyclic) bond motifs is 3. The van der Waals surface area contributed by atoms with E-state index in [1.165, 1.54) is 4.68 Å². The Morgan fingerprint density at radius 1 is 1.31 bits per heavy atom. The lowest BCUT2D eigenvalue weighted by molar-refractivity contribution is 0.650. The molecule has 5 aromatic rings. The largest absolute Gasteiger partial charge is 0.323 e. The summed E-state index contributed by atoms with van der Waals surface area (Å²) in [4.78, 5) is 18.8. The van der Waals surface area contributed by atoms with E-state index < -0.39 is 0 Å². The lowest BCUT2D eigenvalue weighted by atomic mass is 10.3.